The van der Waals surface area contributed by atoms with Crippen molar-refractivity contribution in [2.24, 2.45) is 0 Å². The van der Waals surface area contributed by atoms with Gasteiger partial charge in [0.1, 0.15) is 5.75 Å². The summed E-state index contributed by atoms with van der Waals surface area (Å²) in [4.78, 5) is 15.2. The molecule has 5 nitrogen and oxygen atoms in total. The second kappa shape index (κ2) is 5.31. The largest absolute Gasteiger partial charge is 0.505 e. The van der Waals surface area contributed by atoms with Gasteiger partial charge in [0, 0.05) is 19.9 Å². The zero-order chi connectivity index (χ0) is 11.3. The van der Waals surface area contributed by atoms with E-state index in [1.807, 2.05) is 6.92 Å². The molecule has 2 N–H and O–H groups in total. The van der Waals surface area contributed by atoms with Crippen LogP contribution in [0.15, 0.2) is 18.5 Å². The summed E-state index contributed by atoms with van der Waals surface area (Å²) in [6, 6.07) is 1.46. The number of aromatic nitrogens is 1. The first-order valence-electron chi connectivity index (χ1n) is 4.59. The number of nitrogens with one attached hydrogen (secondary N) is 1. The molecule has 0 bridgehead atoms. The lowest BCUT2D eigenvalue weighted by atomic mass is 10.2. The minimum absolute atomic E-state index is 0.0575. The van der Waals surface area contributed by atoms with Gasteiger partial charge in [0.15, 0.2) is 0 Å². The Balaban J connectivity index is 2.58. The quantitative estimate of drug-likeness (QED) is 0.761. The number of aromatic hydroxyl groups is 1. The van der Waals surface area contributed by atoms with Crippen LogP contribution in [-0.2, 0) is 4.74 Å². The Bertz CT molecular complexity index is 341. The van der Waals surface area contributed by atoms with Crippen LogP contribution < -0.4 is 5.32 Å². The van der Waals surface area contributed by atoms with Crippen LogP contribution >= 0.6 is 0 Å². The van der Waals surface area contributed by atoms with E-state index in [9.17, 15) is 9.90 Å². The third kappa shape index (κ3) is 3.21. The second-order valence-corrected chi connectivity index (χ2v) is 3.15. The van der Waals surface area contributed by atoms with Crippen LogP contribution in [0, 0.1) is 0 Å². The zero-order valence-electron chi connectivity index (χ0n) is 8.73. The molecule has 0 aliphatic rings. The smallest absolute Gasteiger partial charge is 0.255 e. The summed E-state index contributed by atoms with van der Waals surface area (Å²) in [6.07, 6.45) is 2.63. The molecule has 0 aliphatic heterocycles. The van der Waals surface area contributed by atoms with Crippen molar-refractivity contribution in [3.05, 3.63) is 24.0 Å². The van der Waals surface area contributed by atoms with Gasteiger partial charge < -0.3 is 15.2 Å². The standard InChI is InChI=1S/C10H14N2O3/c1-7(15-2)5-12-10(14)8-3-4-11-6-9(8)13/h3-4,6-7,13H,5H2,1-2H3,(H,12,14). The third-order valence-corrected chi connectivity index (χ3v) is 2.00. The van der Waals surface area contributed by atoms with Crippen LogP contribution in [-0.4, -0.2) is 35.8 Å². The summed E-state index contributed by atoms with van der Waals surface area (Å²) >= 11 is 0. The van der Waals surface area contributed by atoms with Gasteiger partial charge in [-0.25, -0.2) is 0 Å². The SMILES string of the molecule is COC(C)CNC(=O)c1ccncc1O. The van der Waals surface area contributed by atoms with Gasteiger partial charge in [0.2, 0.25) is 0 Å². The summed E-state index contributed by atoms with van der Waals surface area (Å²) in [6.45, 7) is 2.24. The number of carbonyl (C=O) groups excluding carboxylic acids is 1. The van der Waals surface area contributed by atoms with Crippen molar-refractivity contribution in [1.29, 1.82) is 0 Å². The maximum absolute atomic E-state index is 11.5. The first kappa shape index (κ1) is 11.5. The molecule has 1 rings (SSSR count). The average molecular weight is 210 g/mol. The van der Waals surface area contributed by atoms with Crippen LogP contribution in [0.3, 0.4) is 0 Å². The Morgan fingerprint density at radius 1 is 1.73 bits per heavy atom. The number of pyridine rings is 1. The lowest BCUT2D eigenvalue weighted by Crippen LogP contribution is -2.31. The molecular formula is C10H14N2O3. The highest BCUT2D eigenvalue weighted by Crippen LogP contribution is 2.13. The molecular weight excluding hydrogens is 196 g/mol. The van der Waals surface area contributed by atoms with E-state index in [-0.39, 0.29) is 23.3 Å². The molecule has 0 saturated carbocycles. The van der Waals surface area contributed by atoms with Crippen molar-refractivity contribution in [2.75, 3.05) is 13.7 Å². The predicted octanol–water partition coefficient (Wildman–Crippen LogP) is 0.552. The lowest BCUT2D eigenvalue weighted by molar-refractivity contribution is 0.0868. The molecule has 0 aromatic carbocycles. The van der Waals surface area contributed by atoms with Crippen LogP contribution in [0.2, 0.25) is 0 Å². The molecule has 82 valence electrons. The third-order valence-electron chi connectivity index (χ3n) is 2.00. The number of hydrogen-bond donors (Lipinski definition) is 2. The van der Waals surface area contributed by atoms with Gasteiger partial charge in [0.05, 0.1) is 17.9 Å². The summed E-state index contributed by atoms with van der Waals surface area (Å²) in [5, 5.41) is 12.0. The van der Waals surface area contributed by atoms with E-state index in [1.165, 1.54) is 18.5 Å². The maximum Gasteiger partial charge on any atom is 0.255 e. The first-order valence-corrected chi connectivity index (χ1v) is 4.59. The van der Waals surface area contributed by atoms with Gasteiger partial charge in [-0.05, 0) is 13.0 Å². The van der Waals surface area contributed by atoms with Crippen molar-refractivity contribution in [3.8, 4) is 5.75 Å². The van der Waals surface area contributed by atoms with Crippen molar-refractivity contribution >= 4 is 5.91 Å². The Morgan fingerprint density at radius 3 is 3.07 bits per heavy atom. The maximum atomic E-state index is 11.5. The number of rotatable bonds is 4. The van der Waals surface area contributed by atoms with E-state index in [4.69, 9.17) is 4.74 Å². The van der Waals surface area contributed by atoms with Crippen molar-refractivity contribution in [1.82, 2.24) is 10.3 Å². The van der Waals surface area contributed by atoms with Gasteiger partial charge >= 0.3 is 0 Å². The normalized spacial score (nSPS) is 12.1. The molecule has 1 heterocycles. The lowest BCUT2D eigenvalue weighted by Gasteiger charge is -2.10. The fraction of sp³-hybridized carbons (Fsp3) is 0.400. The fourth-order valence-corrected chi connectivity index (χ4v) is 0.993. The Hall–Kier alpha value is -1.62. The van der Waals surface area contributed by atoms with Crippen molar-refractivity contribution < 1.29 is 14.6 Å². The van der Waals surface area contributed by atoms with Gasteiger partial charge in [-0.15, -0.1) is 0 Å². The monoisotopic (exact) mass is 210 g/mol. The van der Waals surface area contributed by atoms with Crippen LogP contribution in [0.1, 0.15) is 17.3 Å². The van der Waals surface area contributed by atoms with Crippen LogP contribution in [0.4, 0.5) is 0 Å². The van der Waals surface area contributed by atoms with Gasteiger partial charge in [-0.3, -0.25) is 9.78 Å². The zero-order valence-corrected chi connectivity index (χ0v) is 8.73. The molecule has 1 atom stereocenters. The summed E-state index contributed by atoms with van der Waals surface area (Å²) < 4.78 is 4.98. The highest BCUT2D eigenvalue weighted by atomic mass is 16.5. The number of methoxy groups -OCH3 is 1. The molecule has 1 aromatic rings. The topological polar surface area (TPSA) is 71.5 Å². The fourth-order valence-electron chi connectivity index (χ4n) is 0.993. The van der Waals surface area contributed by atoms with Crippen molar-refractivity contribution in [2.45, 2.75) is 13.0 Å². The molecule has 1 amide bonds. The minimum Gasteiger partial charge on any atom is -0.505 e. The molecule has 0 saturated heterocycles. The van der Waals surface area contributed by atoms with E-state index in [0.717, 1.165) is 0 Å². The van der Waals surface area contributed by atoms with Gasteiger partial charge in [-0.2, -0.15) is 0 Å². The first-order chi connectivity index (χ1) is 7.15. The van der Waals surface area contributed by atoms with E-state index < -0.39 is 0 Å². The molecule has 0 spiro atoms. The molecule has 0 radical (unpaired) electrons. The molecule has 15 heavy (non-hydrogen) atoms. The molecule has 0 fully saturated rings. The Labute approximate surface area is 88.1 Å². The number of ether oxygens (including phenoxy) is 1. The highest BCUT2D eigenvalue weighted by Gasteiger charge is 2.10. The minimum atomic E-state index is -0.334. The van der Waals surface area contributed by atoms with Gasteiger partial charge in [0.25, 0.3) is 5.91 Å². The molecule has 5 heteroatoms. The summed E-state index contributed by atoms with van der Waals surface area (Å²) in [5.74, 6) is -0.459. The number of hydrogen-bond acceptors (Lipinski definition) is 4. The second-order valence-electron chi connectivity index (χ2n) is 3.15. The number of nitrogens with zero attached hydrogens (tertiary/aromatic N) is 1. The Morgan fingerprint density at radius 2 is 2.47 bits per heavy atom. The van der Waals surface area contributed by atoms with Crippen LogP contribution in [0.25, 0.3) is 0 Å². The van der Waals surface area contributed by atoms with Crippen LogP contribution in [0.5, 0.6) is 5.75 Å². The van der Waals surface area contributed by atoms with E-state index in [2.05, 4.69) is 10.3 Å². The van der Waals surface area contributed by atoms with Gasteiger partial charge in [-0.1, -0.05) is 0 Å². The van der Waals surface area contributed by atoms with E-state index >= 15 is 0 Å². The summed E-state index contributed by atoms with van der Waals surface area (Å²) in [5.41, 5.74) is 0.216. The van der Waals surface area contributed by atoms with E-state index in [1.54, 1.807) is 7.11 Å². The number of carbonyl (C=O) groups is 1. The molecule has 0 aliphatic carbocycles. The van der Waals surface area contributed by atoms with Crippen molar-refractivity contribution in [3.63, 3.8) is 0 Å². The number of amides is 1. The summed E-state index contributed by atoms with van der Waals surface area (Å²) in [7, 11) is 1.57. The predicted molar refractivity (Wildman–Crippen MR) is 54.7 cm³/mol. The molecule has 1 aromatic heterocycles. The molecule has 1 unspecified atom stereocenters. The average Bonchev–Trinajstić information content (AvgIpc) is 2.26. The van der Waals surface area contributed by atoms with E-state index in [0.29, 0.717) is 6.54 Å². The highest BCUT2D eigenvalue weighted by molar-refractivity contribution is 5.96. The Kier molecular flexibility index (Phi) is 4.05.